The molecule has 1 N–H and O–H groups in total. The maximum atomic E-state index is 12.3. The summed E-state index contributed by atoms with van der Waals surface area (Å²) in [7, 11) is 0. The van der Waals surface area contributed by atoms with Gasteiger partial charge in [0.05, 0.1) is 0 Å². The second-order valence-corrected chi connectivity index (χ2v) is 7.88. The zero-order chi connectivity index (χ0) is 19.8. The van der Waals surface area contributed by atoms with Gasteiger partial charge in [-0.05, 0) is 55.2 Å². The number of carbonyl (C=O) groups excluding carboxylic acids is 2. The lowest BCUT2D eigenvalue weighted by molar-refractivity contribution is -0.146. The van der Waals surface area contributed by atoms with Gasteiger partial charge in [0.25, 0.3) is 5.91 Å². The first-order valence-corrected chi connectivity index (χ1v) is 10.2. The van der Waals surface area contributed by atoms with Crippen molar-refractivity contribution in [2.24, 2.45) is 0 Å². The first-order chi connectivity index (χ1) is 12.9. The van der Waals surface area contributed by atoms with Crippen LogP contribution in [0.25, 0.3) is 0 Å². The maximum absolute atomic E-state index is 12.3. The van der Waals surface area contributed by atoms with E-state index in [2.05, 4.69) is 5.32 Å². The summed E-state index contributed by atoms with van der Waals surface area (Å²) in [5.41, 5.74) is 2.97. The van der Waals surface area contributed by atoms with Gasteiger partial charge >= 0.3 is 5.97 Å². The van der Waals surface area contributed by atoms with Crippen LogP contribution in [0.3, 0.4) is 0 Å². The van der Waals surface area contributed by atoms with E-state index in [0.29, 0.717) is 5.02 Å². The molecule has 2 aromatic rings. The first-order valence-electron chi connectivity index (χ1n) is 8.94. The molecular weight excluding hydrogens is 382 g/mol. The summed E-state index contributed by atoms with van der Waals surface area (Å²) in [6.07, 6.45) is 1.63. The monoisotopic (exact) mass is 405 g/mol. The molecule has 0 aliphatic rings. The van der Waals surface area contributed by atoms with Crippen LogP contribution in [-0.4, -0.2) is 23.7 Å². The molecule has 0 heterocycles. The van der Waals surface area contributed by atoms with Crippen molar-refractivity contribution in [1.82, 2.24) is 0 Å². The quantitative estimate of drug-likeness (QED) is 0.488. The fourth-order valence-electron chi connectivity index (χ4n) is 2.60. The maximum Gasteiger partial charge on any atom is 0.319 e. The summed E-state index contributed by atoms with van der Waals surface area (Å²) in [5, 5.41) is 3.11. The molecule has 0 bridgehead atoms. The van der Waals surface area contributed by atoms with Crippen molar-refractivity contribution >= 4 is 40.9 Å². The van der Waals surface area contributed by atoms with Crippen LogP contribution in [0.15, 0.2) is 47.4 Å². The number of aryl methyl sites for hydroxylation is 2. The Morgan fingerprint density at radius 3 is 2.22 bits per heavy atom. The second kappa shape index (κ2) is 10.4. The predicted octanol–water partition coefficient (Wildman–Crippen LogP) is 5.13. The van der Waals surface area contributed by atoms with Gasteiger partial charge < -0.3 is 10.1 Å². The van der Waals surface area contributed by atoms with Crippen LogP contribution in [-0.2, 0) is 27.2 Å². The average molecular weight is 406 g/mol. The largest absolute Gasteiger partial charge is 0.455 e. The highest BCUT2D eigenvalue weighted by molar-refractivity contribution is 8.00. The van der Waals surface area contributed by atoms with Crippen LogP contribution >= 0.6 is 23.4 Å². The molecule has 1 amide bonds. The van der Waals surface area contributed by atoms with Gasteiger partial charge in [-0.25, -0.2) is 0 Å². The van der Waals surface area contributed by atoms with E-state index in [4.69, 9.17) is 16.3 Å². The average Bonchev–Trinajstić information content (AvgIpc) is 2.67. The number of thioether (sulfide) groups is 1. The Labute approximate surface area is 169 Å². The fraction of sp³-hybridized carbons (Fsp3) is 0.333. The van der Waals surface area contributed by atoms with E-state index in [9.17, 15) is 9.59 Å². The number of nitrogens with one attached hydrogen (secondary N) is 1. The van der Waals surface area contributed by atoms with Crippen molar-refractivity contribution in [1.29, 1.82) is 0 Å². The van der Waals surface area contributed by atoms with E-state index in [1.165, 1.54) is 11.8 Å². The highest BCUT2D eigenvalue weighted by Gasteiger charge is 2.18. The summed E-state index contributed by atoms with van der Waals surface area (Å²) in [6, 6.07) is 13.2. The second-order valence-electron chi connectivity index (χ2n) is 6.03. The Bertz CT molecular complexity index is 770. The summed E-state index contributed by atoms with van der Waals surface area (Å²) >= 11 is 7.22. The number of ether oxygens (including phenoxy) is 1. The highest BCUT2D eigenvalue weighted by Crippen LogP contribution is 2.25. The molecular formula is C21H24ClNO3S. The Morgan fingerprint density at radius 2 is 1.67 bits per heavy atom. The molecule has 0 radical (unpaired) electrons. The van der Waals surface area contributed by atoms with Crippen LogP contribution in [0.5, 0.6) is 0 Å². The van der Waals surface area contributed by atoms with E-state index in [-0.39, 0.29) is 12.5 Å². The number of anilines is 1. The molecule has 0 aliphatic carbocycles. The Balaban J connectivity index is 1.89. The highest BCUT2D eigenvalue weighted by atomic mass is 35.5. The third-order valence-corrected chi connectivity index (χ3v) is 5.41. The topological polar surface area (TPSA) is 55.4 Å². The normalized spacial score (nSPS) is 11.7. The van der Waals surface area contributed by atoms with Crippen LogP contribution in [0, 0.1) is 0 Å². The Kier molecular flexibility index (Phi) is 8.20. The molecule has 0 aromatic heterocycles. The zero-order valence-electron chi connectivity index (χ0n) is 15.8. The van der Waals surface area contributed by atoms with Crippen LogP contribution < -0.4 is 5.32 Å². The van der Waals surface area contributed by atoms with Crippen molar-refractivity contribution in [3.05, 3.63) is 58.6 Å². The molecule has 144 valence electrons. The van der Waals surface area contributed by atoms with Gasteiger partial charge in [0.15, 0.2) is 6.61 Å². The number of halogens is 1. The predicted molar refractivity (Wildman–Crippen MR) is 112 cm³/mol. The molecule has 0 fully saturated rings. The smallest absolute Gasteiger partial charge is 0.319 e. The van der Waals surface area contributed by atoms with E-state index in [1.54, 1.807) is 19.1 Å². The summed E-state index contributed by atoms with van der Waals surface area (Å²) in [4.78, 5) is 25.3. The van der Waals surface area contributed by atoms with Crippen LogP contribution in [0.2, 0.25) is 5.02 Å². The van der Waals surface area contributed by atoms with Gasteiger partial charge in [0, 0.05) is 15.6 Å². The number of benzene rings is 2. The molecule has 4 nitrogen and oxygen atoms in total. The number of carbonyl (C=O) groups is 2. The van der Waals surface area contributed by atoms with Crippen molar-refractivity contribution in [3.8, 4) is 0 Å². The van der Waals surface area contributed by atoms with Crippen molar-refractivity contribution < 1.29 is 14.3 Å². The minimum Gasteiger partial charge on any atom is -0.455 e. The number of esters is 1. The Morgan fingerprint density at radius 1 is 1.07 bits per heavy atom. The molecule has 0 saturated heterocycles. The molecule has 0 spiro atoms. The van der Waals surface area contributed by atoms with Gasteiger partial charge in [-0.1, -0.05) is 43.6 Å². The lowest BCUT2D eigenvalue weighted by atomic mass is 10.0. The number of hydrogen-bond donors (Lipinski definition) is 1. The standard InChI is InChI=1S/C21H24ClNO3S/c1-4-15-7-6-8-16(5-2)20(15)23-19(24)13-26-21(25)14(3)27-18-11-9-17(22)10-12-18/h6-12,14H,4-5,13H2,1-3H3,(H,23,24)/t14-/m0/s1. The number of amides is 1. The number of rotatable bonds is 8. The first kappa shape index (κ1) is 21.3. The minimum atomic E-state index is -0.426. The van der Waals surface area contributed by atoms with E-state index < -0.39 is 11.2 Å². The lowest BCUT2D eigenvalue weighted by Crippen LogP contribution is -2.25. The van der Waals surface area contributed by atoms with Gasteiger partial charge in [-0.15, -0.1) is 11.8 Å². The molecule has 27 heavy (non-hydrogen) atoms. The van der Waals surface area contributed by atoms with E-state index in [1.807, 2.05) is 44.2 Å². The van der Waals surface area contributed by atoms with Gasteiger partial charge in [-0.2, -0.15) is 0 Å². The van der Waals surface area contributed by atoms with Gasteiger partial charge in [0.1, 0.15) is 5.25 Å². The van der Waals surface area contributed by atoms with Crippen molar-refractivity contribution in [3.63, 3.8) is 0 Å². The van der Waals surface area contributed by atoms with Gasteiger partial charge in [-0.3, -0.25) is 9.59 Å². The number of hydrogen-bond acceptors (Lipinski definition) is 4. The molecule has 0 saturated carbocycles. The molecule has 0 aliphatic heterocycles. The van der Waals surface area contributed by atoms with E-state index >= 15 is 0 Å². The van der Waals surface area contributed by atoms with Crippen LogP contribution in [0.1, 0.15) is 31.9 Å². The lowest BCUT2D eigenvalue weighted by Gasteiger charge is -2.15. The minimum absolute atomic E-state index is 0.300. The molecule has 0 unspecified atom stereocenters. The zero-order valence-corrected chi connectivity index (χ0v) is 17.3. The fourth-order valence-corrected chi connectivity index (χ4v) is 3.59. The third-order valence-electron chi connectivity index (χ3n) is 4.07. The van der Waals surface area contributed by atoms with Crippen LogP contribution in [0.4, 0.5) is 5.69 Å². The van der Waals surface area contributed by atoms with Crippen molar-refractivity contribution in [2.75, 3.05) is 11.9 Å². The summed E-state index contributed by atoms with van der Waals surface area (Å²) in [6.45, 7) is 5.53. The Hall–Kier alpha value is -1.98. The van der Waals surface area contributed by atoms with E-state index in [0.717, 1.165) is 34.6 Å². The molecule has 2 aromatic carbocycles. The molecule has 6 heteroatoms. The summed E-state index contributed by atoms with van der Waals surface area (Å²) < 4.78 is 5.18. The number of para-hydroxylation sites is 1. The van der Waals surface area contributed by atoms with Crippen molar-refractivity contribution in [2.45, 2.75) is 43.8 Å². The molecule has 2 rings (SSSR count). The SMILES string of the molecule is CCc1cccc(CC)c1NC(=O)COC(=O)[C@H](C)Sc1ccc(Cl)cc1. The van der Waals surface area contributed by atoms with Gasteiger partial charge in [0.2, 0.25) is 0 Å². The summed E-state index contributed by atoms with van der Waals surface area (Å²) in [5.74, 6) is -0.757. The third kappa shape index (κ3) is 6.29. The molecule has 1 atom stereocenters.